The number of benzene rings is 1. The van der Waals surface area contributed by atoms with Gasteiger partial charge in [0.15, 0.2) is 0 Å². The topological polar surface area (TPSA) is 40.5 Å². The summed E-state index contributed by atoms with van der Waals surface area (Å²) in [6.45, 7) is 6.68. The molecule has 1 heterocycles. The highest BCUT2D eigenvalue weighted by Crippen LogP contribution is 2.25. The van der Waals surface area contributed by atoms with E-state index in [9.17, 15) is 4.79 Å². The van der Waals surface area contributed by atoms with Gasteiger partial charge in [0.1, 0.15) is 0 Å². The quantitative estimate of drug-likeness (QED) is 0.858. The molecule has 0 saturated carbocycles. The first kappa shape index (κ1) is 15.0. The average molecular weight is 275 g/mol. The highest BCUT2D eigenvalue weighted by molar-refractivity contribution is 5.87. The van der Waals surface area contributed by atoms with Crippen molar-refractivity contribution in [3.8, 4) is 0 Å². The molecule has 1 aromatic rings. The van der Waals surface area contributed by atoms with Crippen molar-refractivity contribution >= 4 is 5.97 Å². The fraction of sp³-hybridized carbons (Fsp3) is 0.588. The van der Waals surface area contributed by atoms with Gasteiger partial charge in [-0.1, -0.05) is 26.0 Å². The molecule has 1 unspecified atom stereocenters. The zero-order valence-corrected chi connectivity index (χ0v) is 12.5. The Kier molecular flexibility index (Phi) is 5.18. The van der Waals surface area contributed by atoms with Crippen LogP contribution < -0.4 is 0 Å². The Bertz CT molecular complexity index is 439. The summed E-state index contributed by atoms with van der Waals surface area (Å²) in [6.07, 6.45) is 5.17. The van der Waals surface area contributed by atoms with Crippen LogP contribution in [0.15, 0.2) is 24.3 Å². The zero-order valence-electron chi connectivity index (χ0n) is 12.5. The lowest BCUT2D eigenvalue weighted by atomic mass is 10.0. The summed E-state index contributed by atoms with van der Waals surface area (Å²) in [4.78, 5) is 13.4. The van der Waals surface area contributed by atoms with E-state index < -0.39 is 5.97 Å². The molecule has 0 aliphatic carbocycles. The Balaban J connectivity index is 1.92. The summed E-state index contributed by atoms with van der Waals surface area (Å²) in [5, 5.41) is 8.91. The second-order valence-corrected chi connectivity index (χ2v) is 6.24. The van der Waals surface area contributed by atoms with Crippen molar-refractivity contribution in [1.29, 1.82) is 0 Å². The van der Waals surface area contributed by atoms with E-state index in [-0.39, 0.29) is 0 Å². The van der Waals surface area contributed by atoms with Crippen molar-refractivity contribution in [3.63, 3.8) is 0 Å². The van der Waals surface area contributed by atoms with Gasteiger partial charge in [0.2, 0.25) is 0 Å². The van der Waals surface area contributed by atoms with Gasteiger partial charge in [-0.25, -0.2) is 4.79 Å². The lowest BCUT2D eigenvalue weighted by molar-refractivity contribution is 0.0697. The van der Waals surface area contributed by atoms with Gasteiger partial charge in [-0.15, -0.1) is 0 Å². The normalized spacial score (nSPS) is 19.6. The van der Waals surface area contributed by atoms with Crippen LogP contribution in [0.3, 0.4) is 0 Å². The fourth-order valence-electron chi connectivity index (χ4n) is 2.94. The van der Waals surface area contributed by atoms with Crippen LogP contribution in [0.5, 0.6) is 0 Å². The Morgan fingerprint density at radius 3 is 2.65 bits per heavy atom. The summed E-state index contributed by atoms with van der Waals surface area (Å²) in [5.41, 5.74) is 1.58. The maximum Gasteiger partial charge on any atom is 0.335 e. The SMILES string of the molecule is CC(C)CCC1CCCN1Cc1ccc(C(=O)O)cc1. The van der Waals surface area contributed by atoms with Crippen LogP contribution in [0, 0.1) is 5.92 Å². The second-order valence-electron chi connectivity index (χ2n) is 6.24. The van der Waals surface area contributed by atoms with Crippen LogP contribution >= 0.6 is 0 Å². The van der Waals surface area contributed by atoms with Crippen LogP contribution in [-0.2, 0) is 6.54 Å². The number of carboxylic acid groups (broad SMARTS) is 1. The highest BCUT2D eigenvalue weighted by atomic mass is 16.4. The first-order chi connectivity index (χ1) is 9.56. The van der Waals surface area contributed by atoms with Gasteiger partial charge < -0.3 is 5.11 Å². The number of carboxylic acids is 1. The average Bonchev–Trinajstić information content (AvgIpc) is 2.84. The molecule has 0 spiro atoms. The number of nitrogens with zero attached hydrogens (tertiary/aromatic N) is 1. The van der Waals surface area contributed by atoms with Gasteiger partial charge in [-0.05, 0) is 55.8 Å². The van der Waals surface area contributed by atoms with Crippen LogP contribution in [-0.4, -0.2) is 28.6 Å². The predicted octanol–water partition coefficient (Wildman–Crippen LogP) is 3.79. The van der Waals surface area contributed by atoms with E-state index in [1.54, 1.807) is 12.1 Å². The molecule has 1 atom stereocenters. The molecule has 0 radical (unpaired) electrons. The summed E-state index contributed by atoms with van der Waals surface area (Å²) in [5.74, 6) is -0.0835. The van der Waals surface area contributed by atoms with E-state index in [2.05, 4.69) is 18.7 Å². The van der Waals surface area contributed by atoms with Gasteiger partial charge in [-0.3, -0.25) is 4.90 Å². The number of hydrogen-bond acceptors (Lipinski definition) is 2. The lowest BCUT2D eigenvalue weighted by Crippen LogP contribution is -2.29. The standard InChI is InChI=1S/C17H25NO2/c1-13(2)5-10-16-4-3-11-18(16)12-14-6-8-15(9-7-14)17(19)20/h6-9,13,16H,3-5,10-12H2,1-2H3,(H,19,20). The molecule has 3 nitrogen and oxygen atoms in total. The van der Waals surface area contributed by atoms with Gasteiger partial charge in [-0.2, -0.15) is 0 Å². The number of hydrogen-bond donors (Lipinski definition) is 1. The molecule has 1 aliphatic heterocycles. The summed E-state index contributed by atoms with van der Waals surface area (Å²) >= 11 is 0. The third-order valence-electron chi connectivity index (χ3n) is 4.16. The Morgan fingerprint density at radius 2 is 2.05 bits per heavy atom. The predicted molar refractivity (Wildman–Crippen MR) is 80.9 cm³/mol. The molecule has 1 N–H and O–H groups in total. The number of carbonyl (C=O) groups is 1. The van der Waals surface area contributed by atoms with Crippen molar-refractivity contribution < 1.29 is 9.90 Å². The van der Waals surface area contributed by atoms with E-state index >= 15 is 0 Å². The van der Waals surface area contributed by atoms with Crippen LogP contribution in [0.25, 0.3) is 0 Å². The monoisotopic (exact) mass is 275 g/mol. The molecule has 1 saturated heterocycles. The Morgan fingerprint density at radius 1 is 1.35 bits per heavy atom. The third-order valence-corrected chi connectivity index (χ3v) is 4.16. The number of rotatable bonds is 6. The number of likely N-dealkylation sites (tertiary alicyclic amines) is 1. The van der Waals surface area contributed by atoms with E-state index in [0.29, 0.717) is 11.6 Å². The Hall–Kier alpha value is -1.35. The van der Waals surface area contributed by atoms with Crippen LogP contribution in [0.4, 0.5) is 0 Å². The molecule has 1 aliphatic rings. The minimum absolute atomic E-state index is 0.367. The first-order valence-corrected chi connectivity index (χ1v) is 7.62. The van der Waals surface area contributed by atoms with Gasteiger partial charge in [0, 0.05) is 12.6 Å². The van der Waals surface area contributed by atoms with Gasteiger partial charge >= 0.3 is 5.97 Å². The molecule has 3 heteroatoms. The van der Waals surface area contributed by atoms with Crippen LogP contribution in [0.2, 0.25) is 0 Å². The zero-order chi connectivity index (χ0) is 14.5. The molecule has 2 rings (SSSR count). The molecular formula is C17H25NO2. The van der Waals surface area contributed by atoms with Crippen LogP contribution in [0.1, 0.15) is 55.5 Å². The van der Waals surface area contributed by atoms with E-state index in [1.165, 1.54) is 37.8 Å². The molecule has 0 amide bonds. The lowest BCUT2D eigenvalue weighted by Gasteiger charge is -2.25. The minimum atomic E-state index is -0.854. The van der Waals surface area contributed by atoms with Crippen molar-refractivity contribution in [2.24, 2.45) is 5.92 Å². The first-order valence-electron chi connectivity index (χ1n) is 7.62. The molecule has 1 fully saturated rings. The number of aromatic carboxylic acids is 1. The van der Waals surface area contributed by atoms with Crippen molar-refractivity contribution in [2.45, 2.75) is 52.1 Å². The summed E-state index contributed by atoms with van der Waals surface area (Å²) < 4.78 is 0. The maximum atomic E-state index is 10.8. The summed E-state index contributed by atoms with van der Waals surface area (Å²) in [7, 11) is 0. The third kappa shape index (κ3) is 4.07. The highest BCUT2D eigenvalue weighted by Gasteiger charge is 2.24. The molecule has 0 bridgehead atoms. The van der Waals surface area contributed by atoms with Crippen molar-refractivity contribution in [1.82, 2.24) is 4.90 Å². The van der Waals surface area contributed by atoms with E-state index in [1.807, 2.05) is 12.1 Å². The van der Waals surface area contributed by atoms with Gasteiger partial charge in [0.05, 0.1) is 5.56 Å². The summed E-state index contributed by atoms with van der Waals surface area (Å²) in [6, 6.07) is 8.01. The Labute approximate surface area is 121 Å². The van der Waals surface area contributed by atoms with Crippen molar-refractivity contribution in [3.05, 3.63) is 35.4 Å². The molecule has 1 aromatic carbocycles. The van der Waals surface area contributed by atoms with E-state index in [0.717, 1.165) is 12.5 Å². The smallest absolute Gasteiger partial charge is 0.335 e. The molecule has 20 heavy (non-hydrogen) atoms. The fourth-order valence-corrected chi connectivity index (χ4v) is 2.94. The molecule has 0 aromatic heterocycles. The maximum absolute atomic E-state index is 10.8. The minimum Gasteiger partial charge on any atom is -0.478 e. The largest absolute Gasteiger partial charge is 0.478 e. The second kappa shape index (κ2) is 6.89. The molecular weight excluding hydrogens is 250 g/mol. The van der Waals surface area contributed by atoms with Gasteiger partial charge in [0.25, 0.3) is 0 Å². The van der Waals surface area contributed by atoms with E-state index in [4.69, 9.17) is 5.11 Å². The van der Waals surface area contributed by atoms with Crippen molar-refractivity contribution in [2.75, 3.05) is 6.54 Å². The molecule has 110 valence electrons.